The maximum atomic E-state index is 14.5. The lowest BCUT2D eigenvalue weighted by atomic mass is 9.74. The summed E-state index contributed by atoms with van der Waals surface area (Å²) >= 11 is 6.60. The van der Waals surface area contributed by atoms with Gasteiger partial charge >= 0.3 is 5.97 Å². The molecule has 210 valence electrons. The van der Waals surface area contributed by atoms with E-state index in [0.717, 1.165) is 24.8 Å². The Bertz CT molecular complexity index is 1180. The molecule has 0 aromatic heterocycles. The Morgan fingerprint density at radius 2 is 1.85 bits per heavy atom. The zero-order valence-electron chi connectivity index (χ0n) is 22.6. The van der Waals surface area contributed by atoms with Crippen LogP contribution in [0.4, 0.5) is 5.69 Å². The lowest BCUT2D eigenvalue weighted by Gasteiger charge is -2.37. The predicted molar refractivity (Wildman–Crippen MR) is 147 cm³/mol. The summed E-state index contributed by atoms with van der Waals surface area (Å²) in [5.41, 5.74) is -0.977. The largest absolute Gasteiger partial charge is 0.465 e. The minimum Gasteiger partial charge on any atom is -0.465 e. The predicted octanol–water partition coefficient (Wildman–Crippen LogP) is 3.97. The van der Waals surface area contributed by atoms with Crippen molar-refractivity contribution in [3.05, 3.63) is 53.1 Å². The highest BCUT2D eigenvalue weighted by Gasteiger charge is 2.74. The minimum absolute atomic E-state index is 0.121. The molecule has 1 N–H and O–H groups in total. The van der Waals surface area contributed by atoms with Gasteiger partial charge in [-0.1, -0.05) is 60.9 Å². The quantitative estimate of drug-likeness (QED) is 0.310. The lowest BCUT2D eigenvalue weighted by molar-refractivity contribution is -0.158. The first kappa shape index (κ1) is 27.9. The number of amides is 2. The number of carbonyl (C=O) groups excluding carboxylic acids is 3. The van der Waals surface area contributed by atoms with Gasteiger partial charge in [0.05, 0.1) is 28.8 Å². The van der Waals surface area contributed by atoms with Crippen molar-refractivity contribution in [3.63, 3.8) is 0 Å². The van der Waals surface area contributed by atoms with E-state index in [1.54, 1.807) is 15.9 Å². The van der Waals surface area contributed by atoms with E-state index in [9.17, 15) is 14.4 Å². The van der Waals surface area contributed by atoms with Crippen molar-refractivity contribution in [1.29, 1.82) is 0 Å². The molecule has 2 amide bonds. The molecule has 0 bridgehead atoms. The van der Waals surface area contributed by atoms with Crippen LogP contribution >= 0.6 is 11.6 Å². The van der Waals surface area contributed by atoms with Gasteiger partial charge in [-0.2, -0.15) is 0 Å². The molecule has 1 spiro atoms. The highest BCUT2D eigenvalue weighted by Crippen LogP contribution is 2.57. The molecular weight excluding hydrogens is 520 g/mol. The van der Waals surface area contributed by atoms with E-state index in [2.05, 4.69) is 0 Å². The molecule has 1 unspecified atom stereocenters. The normalized spacial score (nSPS) is 33.0. The maximum Gasteiger partial charge on any atom is 0.313 e. The van der Waals surface area contributed by atoms with Crippen LogP contribution in [0.2, 0.25) is 5.02 Å². The number of likely N-dealkylation sites (tertiary alicyclic amines) is 1. The summed E-state index contributed by atoms with van der Waals surface area (Å²) in [6.07, 6.45) is 11.9. The van der Waals surface area contributed by atoms with Gasteiger partial charge in [0.1, 0.15) is 17.6 Å². The summed E-state index contributed by atoms with van der Waals surface area (Å²) in [5, 5.41) is 9.60. The second-order valence-corrected chi connectivity index (χ2v) is 11.5. The van der Waals surface area contributed by atoms with Gasteiger partial charge in [0.25, 0.3) is 5.91 Å². The van der Waals surface area contributed by atoms with Crippen LogP contribution in [0.3, 0.4) is 0 Å². The molecule has 39 heavy (non-hydrogen) atoms. The van der Waals surface area contributed by atoms with Gasteiger partial charge < -0.3 is 24.4 Å². The third kappa shape index (κ3) is 4.70. The monoisotopic (exact) mass is 556 g/mol. The summed E-state index contributed by atoms with van der Waals surface area (Å²) in [6, 6.07) is 4.53. The van der Waals surface area contributed by atoms with Crippen LogP contribution in [0, 0.1) is 18.8 Å². The molecule has 5 atom stereocenters. The third-order valence-electron chi connectivity index (χ3n) is 8.52. The molecule has 0 aliphatic carbocycles. The van der Waals surface area contributed by atoms with E-state index in [0.29, 0.717) is 36.5 Å². The molecule has 0 radical (unpaired) electrons. The zero-order chi connectivity index (χ0) is 27.8. The molecule has 1 aromatic carbocycles. The van der Waals surface area contributed by atoms with E-state index in [1.165, 1.54) is 0 Å². The van der Waals surface area contributed by atoms with E-state index < -0.39 is 35.0 Å². The van der Waals surface area contributed by atoms with Gasteiger partial charge in [0.15, 0.2) is 0 Å². The van der Waals surface area contributed by atoms with Gasteiger partial charge in [0, 0.05) is 19.7 Å². The van der Waals surface area contributed by atoms with Crippen molar-refractivity contribution in [1.82, 2.24) is 4.90 Å². The molecule has 2 saturated heterocycles. The number of aryl methyl sites for hydroxylation is 1. The van der Waals surface area contributed by atoms with E-state index in [-0.39, 0.29) is 31.6 Å². The molecule has 1 aromatic rings. The number of para-hydroxylation sites is 1. The van der Waals surface area contributed by atoms with Crippen molar-refractivity contribution in [2.45, 2.75) is 69.6 Å². The smallest absolute Gasteiger partial charge is 0.313 e. The van der Waals surface area contributed by atoms with Crippen LogP contribution in [0.25, 0.3) is 0 Å². The Labute approximate surface area is 234 Å². The van der Waals surface area contributed by atoms with Crippen LogP contribution < -0.4 is 4.90 Å². The fraction of sp³-hybridized carbons (Fsp3) is 0.567. The average molecular weight is 557 g/mol. The fourth-order valence-electron chi connectivity index (χ4n) is 6.79. The number of allylic oxidation sites excluding steroid dienone is 1. The van der Waals surface area contributed by atoms with Crippen LogP contribution in [0.5, 0.6) is 0 Å². The van der Waals surface area contributed by atoms with Crippen molar-refractivity contribution in [2.75, 3.05) is 31.2 Å². The molecule has 2 fully saturated rings. The number of hydrogen-bond acceptors (Lipinski definition) is 6. The topological polar surface area (TPSA) is 96.4 Å². The van der Waals surface area contributed by atoms with Crippen molar-refractivity contribution >= 4 is 35.1 Å². The van der Waals surface area contributed by atoms with Gasteiger partial charge in [-0.3, -0.25) is 14.4 Å². The Morgan fingerprint density at radius 1 is 1.05 bits per heavy atom. The molecular formula is C30H37ClN2O6. The molecule has 4 aliphatic rings. The van der Waals surface area contributed by atoms with Gasteiger partial charge in [-0.05, 0) is 51.2 Å². The Hall–Kier alpha value is -2.68. The number of hydrogen-bond donors (Lipinski definition) is 1. The number of unbranched alkanes of at least 4 members (excludes halogenated alkanes) is 3. The first-order valence-electron chi connectivity index (χ1n) is 14.0. The Balaban J connectivity index is 1.60. The number of ether oxygens (including phenoxy) is 2. The number of aliphatic hydroxyl groups excluding tert-OH is 1. The number of esters is 1. The van der Waals surface area contributed by atoms with Crippen molar-refractivity contribution in [3.8, 4) is 0 Å². The number of rotatable bonds is 7. The number of halogens is 1. The lowest BCUT2D eigenvalue weighted by Crippen LogP contribution is -2.56. The van der Waals surface area contributed by atoms with E-state index in [4.69, 9.17) is 26.2 Å². The molecule has 9 heteroatoms. The highest BCUT2D eigenvalue weighted by atomic mass is 35.5. The van der Waals surface area contributed by atoms with Gasteiger partial charge in [-0.25, -0.2) is 0 Å². The Morgan fingerprint density at radius 3 is 2.62 bits per heavy atom. The second-order valence-electron chi connectivity index (χ2n) is 11.1. The SMILES string of the molecule is Cc1cccc(Cl)c1N1CC=C[C@]23O[C@@]4(C)/C=C\CCCOC(=O)[C@H]4[C@H]2C(=O)N(CCCCCCO)C3C1=O. The van der Waals surface area contributed by atoms with Crippen LogP contribution in [0.15, 0.2) is 42.5 Å². The number of aliphatic hydroxyl groups is 1. The van der Waals surface area contributed by atoms with Crippen molar-refractivity contribution in [2.24, 2.45) is 11.8 Å². The maximum absolute atomic E-state index is 14.5. The fourth-order valence-corrected chi connectivity index (χ4v) is 7.11. The number of benzene rings is 1. The molecule has 8 nitrogen and oxygen atoms in total. The summed E-state index contributed by atoms with van der Waals surface area (Å²) in [7, 11) is 0. The molecule has 4 aliphatic heterocycles. The molecule has 4 heterocycles. The standard InChI is InChI=1S/C30H37ClN2O6/c1-20-12-10-13-21(31)24(20)32-17-11-15-30-22(23-28(37)38-19-9-5-6-14-29(23,2)39-30)26(35)33(25(30)27(32)36)16-7-3-4-8-18-34/h6,10-15,22-23,25,34H,3-5,7-9,16-19H2,1-2H3/b14-6-/t22-,23+,25?,29-,30-/m0/s1. The second kappa shape index (κ2) is 11.1. The summed E-state index contributed by atoms with van der Waals surface area (Å²) in [6.45, 7) is 4.72. The van der Waals surface area contributed by atoms with Crippen LogP contribution in [0.1, 0.15) is 51.0 Å². The number of anilines is 1. The minimum atomic E-state index is -1.33. The number of carbonyl (C=O) groups is 3. The van der Waals surface area contributed by atoms with E-state index in [1.807, 2.05) is 50.3 Å². The molecule has 5 rings (SSSR count). The first-order valence-corrected chi connectivity index (χ1v) is 14.3. The zero-order valence-corrected chi connectivity index (χ0v) is 23.4. The number of fused-ring (bicyclic) bond motifs is 2. The average Bonchev–Trinajstić information content (AvgIpc) is 3.24. The first-order chi connectivity index (χ1) is 18.7. The third-order valence-corrected chi connectivity index (χ3v) is 8.82. The number of cyclic esters (lactones) is 1. The summed E-state index contributed by atoms with van der Waals surface area (Å²) in [5.74, 6) is -2.79. The van der Waals surface area contributed by atoms with Crippen molar-refractivity contribution < 1.29 is 29.0 Å². The Kier molecular flexibility index (Phi) is 7.91. The van der Waals surface area contributed by atoms with Gasteiger partial charge in [0.2, 0.25) is 5.91 Å². The van der Waals surface area contributed by atoms with Gasteiger partial charge in [-0.15, -0.1) is 0 Å². The highest BCUT2D eigenvalue weighted by molar-refractivity contribution is 6.34. The van der Waals surface area contributed by atoms with Crippen LogP contribution in [-0.4, -0.2) is 71.3 Å². The van der Waals surface area contributed by atoms with Crippen LogP contribution in [-0.2, 0) is 23.9 Å². The summed E-state index contributed by atoms with van der Waals surface area (Å²) < 4.78 is 12.4. The van der Waals surface area contributed by atoms with E-state index >= 15 is 0 Å². The molecule has 0 saturated carbocycles. The summed E-state index contributed by atoms with van der Waals surface area (Å²) in [4.78, 5) is 45.5. The number of nitrogens with zero attached hydrogens (tertiary/aromatic N) is 2.